The van der Waals surface area contributed by atoms with Crippen LogP contribution in [0.1, 0.15) is 0 Å². The zero-order valence-electron chi connectivity index (χ0n) is 8.34. The highest BCUT2D eigenvalue weighted by Gasteiger charge is 2.23. The van der Waals surface area contributed by atoms with E-state index in [-0.39, 0.29) is 12.5 Å². The van der Waals surface area contributed by atoms with Gasteiger partial charge in [-0.1, -0.05) is 0 Å². The van der Waals surface area contributed by atoms with Gasteiger partial charge in [-0.05, 0) is 0 Å². The van der Waals surface area contributed by atoms with E-state index in [0.29, 0.717) is 13.1 Å². The Morgan fingerprint density at radius 1 is 1.33 bits per heavy atom. The van der Waals surface area contributed by atoms with E-state index in [1.807, 2.05) is 0 Å². The summed E-state index contributed by atoms with van der Waals surface area (Å²) in [7, 11) is 1.66. The summed E-state index contributed by atoms with van der Waals surface area (Å²) in [6.07, 6.45) is 1.73. The molecule has 0 radical (unpaired) electrons. The number of likely N-dealkylation sites (N-methyl/N-ethyl adjacent to an activating group) is 1. The zero-order valence-corrected chi connectivity index (χ0v) is 8.34. The monoisotopic (exact) mass is 212 g/mol. The molecule has 0 atom stereocenters. The molecule has 1 N–H and O–H groups in total. The fraction of sp³-hybridized carbons (Fsp3) is 0.444. The van der Waals surface area contributed by atoms with Crippen molar-refractivity contribution in [3.05, 3.63) is 12.2 Å². The lowest BCUT2D eigenvalue weighted by Crippen LogP contribution is -2.50. The number of hydrogen-bond donors (Lipinski definition) is 1. The first-order valence-corrected chi connectivity index (χ1v) is 4.44. The van der Waals surface area contributed by atoms with Crippen LogP contribution in [-0.4, -0.2) is 59.4 Å². The number of carbonyl (C=O) groups is 3. The molecule has 0 unspecified atom stereocenters. The maximum absolute atomic E-state index is 11.4. The highest BCUT2D eigenvalue weighted by atomic mass is 16.4. The normalized spacial score (nSPS) is 17.3. The molecule has 1 aliphatic rings. The fourth-order valence-electron chi connectivity index (χ4n) is 1.19. The minimum absolute atomic E-state index is 0.0132. The van der Waals surface area contributed by atoms with Crippen LogP contribution in [-0.2, 0) is 14.4 Å². The number of piperazine rings is 1. The second-order valence-corrected chi connectivity index (χ2v) is 3.25. The third-order valence-electron chi connectivity index (χ3n) is 2.14. The lowest BCUT2D eigenvalue weighted by molar-refractivity contribution is -0.141. The van der Waals surface area contributed by atoms with Crippen molar-refractivity contribution in [3.63, 3.8) is 0 Å². The molecule has 1 heterocycles. The molecule has 1 rings (SSSR count). The maximum Gasteiger partial charge on any atom is 0.328 e. The van der Waals surface area contributed by atoms with Crippen molar-refractivity contribution >= 4 is 17.8 Å². The summed E-state index contributed by atoms with van der Waals surface area (Å²) in [5.41, 5.74) is 0. The number of amides is 2. The standard InChI is InChI=1S/C9H12N2O4/c1-10-4-5-11(6-8(10)13)7(12)2-3-9(14)15/h2-3H,4-6H2,1H3,(H,14,15). The Balaban J connectivity index is 2.55. The van der Waals surface area contributed by atoms with Crippen molar-refractivity contribution < 1.29 is 19.5 Å². The first kappa shape index (κ1) is 11.2. The Kier molecular flexibility index (Phi) is 3.43. The molecule has 82 valence electrons. The summed E-state index contributed by atoms with van der Waals surface area (Å²) in [5, 5.41) is 8.32. The van der Waals surface area contributed by atoms with E-state index in [4.69, 9.17) is 5.11 Å². The van der Waals surface area contributed by atoms with Crippen LogP contribution in [0.25, 0.3) is 0 Å². The molecule has 1 fully saturated rings. The lowest BCUT2D eigenvalue weighted by atomic mass is 10.3. The van der Waals surface area contributed by atoms with Crippen molar-refractivity contribution in [2.45, 2.75) is 0 Å². The lowest BCUT2D eigenvalue weighted by Gasteiger charge is -2.31. The SMILES string of the molecule is CN1CCN(C(=O)C=CC(=O)O)CC1=O. The van der Waals surface area contributed by atoms with Gasteiger partial charge in [0.1, 0.15) is 6.54 Å². The van der Waals surface area contributed by atoms with Gasteiger partial charge >= 0.3 is 5.97 Å². The molecule has 0 aliphatic carbocycles. The van der Waals surface area contributed by atoms with Gasteiger partial charge in [0.25, 0.3) is 0 Å². The first-order valence-electron chi connectivity index (χ1n) is 4.44. The van der Waals surface area contributed by atoms with Crippen LogP contribution in [0.2, 0.25) is 0 Å². The molecule has 0 spiro atoms. The van der Waals surface area contributed by atoms with Gasteiger partial charge in [0.2, 0.25) is 11.8 Å². The molecule has 1 aliphatic heterocycles. The van der Waals surface area contributed by atoms with Gasteiger partial charge in [-0.3, -0.25) is 9.59 Å². The maximum atomic E-state index is 11.4. The van der Waals surface area contributed by atoms with Crippen molar-refractivity contribution in [1.82, 2.24) is 9.80 Å². The molecule has 0 bridgehead atoms. The molecule has 1 saturated heterocycles. The summed E-state index contributed by atoms with van der Waals surface area (Å²) in [6.45, 7) is 0.926. The largest absolute Gasteiger partial charge is 0.478 e. The Morgan fingerprint density at radius 3 is 2.53 bits per heavy atom. The minimum atomic E-state index is -1.18. The summed E-state index contributed by atoms with van der Waals surface area (Å²) in [4.78, 5) is 35.6. The van der Waals surface area contributed by atoms with Crippen molar-refractivity contribution in [3.8, 4) is 0 Å². The van der Waals surface area contributed by atoms with Crippen LogP contribution in [0.5, 0.6) is 0 Å². The number of carboxylic acid groups (broad SMARTS) is 1. The van der Waals surface area contributed by atoms with E-state index < -0.39 is 11.9 Å². The summed E-state index contributed by atoms with van der Waals surface area (Å²) in [5.74, 6) is -1.76. The number of nitrogens with zero attached hydrogens (tertiary/aromatic N) is 2. The van der Waals surface area contributed by atoms with Gasteiger partial charge in [-0.15, -0.1) is 0 Å². The van der Waals surface area contributed by atoms with Crippen LogP contribution in [0, 0.1) is 0 Å². The quantitative estimate of drug-likeness (QED) is 0.591. The molecule has 6 heteroatoms. The van der Waals surface area contributed by atoms with E-state index in [0.717, 1.165) is 12.2 Å². The summed E-state index contributed by atoms with van der Waals surface area (Å²) in [6, 6.07) is 0. The molecule has 0 aromatic heterocycles. The predicted molar refractivity (Wildman–Crippen MR) is 51.0 cm³/mol. The van der Waals surface area contributed by atoms with E-state index in [2.05, 4.69) is 0 Å². The Bertz CT molecular complexity index is 324. The minimum Gasteiger partial charge on any atom is -0.478 e. The molecular formula is C9H12N2O4. The van der Waals surface area contributed by atoms with E-state index in [9.17, 15) is 14.4 Å². The smallest absolute Gasteiger partial charge is 0.328 e. The van der Waals surface area contributed by atoms with Gasteiger partial charge < -0.3 is 14.9 Å². The topological polar surface area (TPSA) is 77.9 Å². The summed E-state index contributed by atoms with van der Waals surface area (Å²) < 4.78 is 0. The molecule has 15 heavy (non-hydrogen) atoms. The van der Waals surface area contributed by atoms with Gasteiger partial charge in [-0.2, -0.15) is 0 Å². The van der Waals surface area contributed by atoms with Crippen molar-refractivity contribution in [2.75, 3.05) is 26.7 Å². The molecule has 0 aromatic rings. The number of hydrogen-bond acceptors (Lipinski definition) is 3. The Morgan fingerprint density at radius 2 is 2.00 bits per heavy atom. The highest BCUT2D eigenvalue weighted by Crippen LogP contribution is 2.01. The zero-order chi connectivity index (χ0) is 11.4. The molecule has 2 amide bonds. The van der Waals surface area contributed by atoms with Gasteiger partial charge in [-0.25, -0.2) is 4.79 Å². The van der Waals surface area contributed by atoms with E-state index in [1.54, 1.807) is 7.05 Å². The Hall–Kier alpha value is -1.85. The molecule has 0 aromatic carbocycles. The van der Waals surface area contributed by atoms with E-state index in [1.165, 1.54) is 9.80 Å². The number of rotatable bonds is 2. The van der Waals surface area contributed by atoms with Crippen LogP contribution < -0.4 is 0 Å². The van der Waals surface area contributed by atoms with Crippen LogP contribution in [0.4, 0.5) is 0 Å². The number of carbonyl (C=O) groups excluding carboxylic acids is 2. The number of aliphatic carboxylic acids is 1. The highest BCUT2D eigenvalue weighted by molar-refractivity contribution is 5.96. The molecule has 0 saturated carbocycles. The van der Waals surface area contributed by atoms with Crippen LogP contribution in [0.3, 0.4) is 0 Å². The summed E-state index contributed by atoms with van der Waals surface area (Å²) >= 11 is 0. The van der Waals surface area contributed by atoms with Gasteiger partial charge in [0.15, 0.2) is 0 Å². The third kappa shape index (κ3) is 3.08. The predicted octanol–water partition coefficient (Wildman–Crippen LogP) is -1.07. The van der Waals surface area contributed by atoms with E-state index >= 15 is 0 Å². The van der Waals surface area contributed by atoms with Gasteiger partial charge in [0.05, 0.1) is 0 Å². The average molecular weight is 212 g/mol. The van der Waals surface area contributed by atoms with Crippen molar-refractivity contribution in [1.29, 1.82) is 0 Å². The average Bonchev–Trinajstić information content (AvgIpc) is 2.18. The van der Waals surface area contributed by atoms with Gasteiger partial charge in [0, 0.05) is 32.3 Å². The van der Waals surface area contributed by atoms with Crippen molar-refractivity contribution in [2.24, 2.45) is 0 Å². The second kappa shape index (κ2) is 4.59. The first-order chi connectivity index (χ1) is 7.00. The third-order valence-corrected chi connectivity index (χ3v) is 2.14. The molecular weight excluding hydrogens is 200 g/mol. The van der Waals surface area contributed by atoms with Crippen LogP contribution >= 0.6 is 0 Å². The molecule has 6 nitrogen and oxygen atoms in total. The Labute approximate surface area is 86.8 Å². The number of carboxylic acids is 1. The fourth-order valence-corrected chi connectivity index (χ4v) is 1.19. The van der Waals surface area contributed by atoms with Crippen LogP contribution in [0.15, 0.2) is 12.2 Å². The second-order valence-electron chi connectivity index (χ2n) is 3.25.